The fourth-order valence-corrected chi connectivity index (χ4v) is 0. The summed E-state index contributed by atoms with van der Waals surface area (Å²) < 4.78 is 0. The topological polar surface area (TPSA) is 0 Å². The molecule has 0 N–H and O–H groups in total. The van der Waals surface area contributed by atoms with Gasteiger partial charge in [-0.3, -0.25) is 0 Å². The molecule has 0 aliphatic heterocycles. The van der Waals surface area contributed by atoms with Crippen LogP contribution in [0.5, 0.6) is 0 Å². The van der Waals surface area contributed by atoms with Crippen LogP contribution in [0.25, 0.3) is 0 Å². The van der Waals surface area contributed by atoms with Crippen molar-refractivity contribution in [2.45, 2.75) is 0 Å². The standard InChI is InChI=1S/4BrH.La/h4*1H;/q;;;;+3/p-3. The van der Waals surface area contributed by atoms with E-state index in [1.54, 1.807) is 0 Å². The quantitative estimate of drug-likeness (QED) is 0.338. The predicted octanol–water partition coefficient (Wildman–Crippen LogP) is -8.41. The third kappa shape index (κ3) is 19.2. The van der Waals surface area contributed by atoms with Gasteiger partial charge in [0.05, 0.1) is 0 Å². The molecule has 0 aromatic heterocycles. The first-order valence-electron chi connectivity index (χ1n) is 0. The summed E-state index contributed by atoms with van der Waals surface area (Å²) in [5, 5.41) is 0. The van der Waals surface area contributed by atoms with E-state index in [-0.39, 0.29) is 104 Å². The van der Waals surface area contributed by atoms with Crippen LogP contribution in [0.15, 0.2) is 0 Å². The SMILES string of the molecule is Br.[Br-].[Br-].[Br-].[La+3]. The maximum atomic E-state index is 0. The van der Waals surface area contributed by atoms with Gasteiger partial charge in [-0.2, -0.15) is 0 Å². The van der Waals surface area contributed by atoms with E-state index in [0.29, 0.717) is 0 Å². The van der Waals surface area contributed by atoms with Crippen LogP contribution in [-0.4, -0.2) is 0 Å². The van der Waals surface area contributed by atoms with Crippen LogP contribution in [0.2, 0.25) is 0 Å². The van der Waals surface area contributed by atoms with Crippen LogP contribution in [0, 0.1) is 35.6 Å². The zero-order valence-electron chi connectivity index (χ0n) is 2.12. The van der Waals surface area contributed by atoms with Crippen molar-refractivity contribution < 1.29 is 86.5 Å². The molecule has 0 saturated heterocycles. The summed E-state index contributed by atoms with van der Waals surface area (Å²) >= 11 is 0. The Kier molecular flexibility index (Phi) is 232. The Morgan fingerprint density at radius 1 is 0.600 bits per heavy atom. The molecule has 5 heteroatoms. The second-order valence-corrected chi connectivity index (χ2v) is 0. The molecular weight excluding hydrogens is 459 g/mol. The van der Waals surface area contributed by atoms with E-state index in [9.17, 15) is 0 Å². The largest absolute Gasteiger partial charge is 3.00 e. The molecule has 0 rings (SSSR count). The monoisotopic (exact) mass is 456 g/mol. The zero-order chi connectivity index (χ0) is 0. The minimum Gasteiger partial charge on any atom is -1.00 e. The van der Waals surface area contributed by atoms with E-state index < -0.39 is 0 Å². The van der Waals surface area contributed by atoms with Gasteiger partial charge in [-0.15, -0.1) is 17.0 Å². The van der Waals surface area contributed by atoms with Crippen LogP contribution < -0.4 is 50.9 Å². The van der Waals surface area contributed by atoms with E-state index in [2.05, 4.69) is 0 Å². The normalized spacial score (nSPS) is 0. The van der Waals surface area contributed by atoms with Gasteiger partial charge in [-0.1, -0.05) is 0 Å². The molecule has 0 amide bonds. The molecule has 0 aliphatic carbocycles. The smallest absolute Gasteiger partial charge is 1.00 e. The van der Waals surface area contributed by atoms with Gasteiger partial charge in [0, 0.05) is 0 Å². The first-order valence-corrected chi connectivity index (χ1v) is 0. The van der Waals surface area contributed by atoms with E-state index >= 15 is 0 Å². The number of hydrogen-bond acceptors (Lipinski definition) is 0. The Balaban J connectivity index is 0. The first-order chi connectivity index (χ1) is 0. The van der Waals surface area contributed by atoms with Crippen molar-refractivity contribution in [2.24, 2.45) is 0 Å². The third-order valence-corrected chi connectivity index (χ3v) is 0. The summed E-state index contributed by atoms with van der Waals surface area (Å²) in [7, 11) is 0. The summed E-state index contributed by atoms with van der Waals surface area (Å²) in [4.78, 5) is 0. The van der Waals surface area contributed by atoms with Crippen LogP contribution in [0.4, 0.5) is 0 Å². The fraction of sp³-hybridized carbons (Fsp3) is 0. The molecule has 0 nitrogen and oxygen atoms in total. The van der Waals surface area contributed by atoms with Crippen molar-refractivity contribution in [1.29, 1.82) is 0 Å². The Morgan fingerprint density at radius 2 is 0.600 bits per heavy atom. The number of hydrogen-bond donors (Lipinski definition) is 0. The van der Waals surface area contributed by atoms with Gasteiger partial charge in [-0.05, 0) is 0 Å². The number of rotatable bonds is 0. The zero-order valence-corrected chi connectivity index (χ0v) is 12.2. The van der Waals surface area contributed by atoms with Crippen LogP contribution in [-0.2, 0) is 0 Å². The minimum atomic E-state index is 0. The van der Waals surface area contributed by atoms with Gasteiger partial charge in [0.25, 0.3) is 0 Å². The number of halogens is 4. The summed E-state index contributed by atoms with van der Waals surface area (Å²) in [5.74, 6) is 0. The molecule has 0 unspecified atom stereocenters. The van der Waals surface area contributed by atoms with Crippen molar-refractivity contribution in [3.8, 4) is 0 Å². The molecule has 0 heterocycles. The molecule has 0 bridgehead atoms. The predicted molar refractivity (Wildman–Crippen MR) is 10.3 cm³/mol. The average Bonchev–Trinajstić information content (AvgIpc) is 0. The maximum absolute atomic E-state index is 0. The van der Waals surface area contributed by atoms with Crippen molar-refractivity contribution in [3.63, 3.8) is 0 Å². The van der Waals surface area contributed by atoms with Gasteiger partial charge in [0.1, 0.15) is 0 Å². The fourth-order valence-electron chi connectivity index (χ4n) is 0. The minimum absolute atomic E-state index is 0. The summed E-state index contributed by atoms with van der Waals surface area (Å²) in [6, 6.07) is 0. The van der Waals surface area contributed by atoms with Crippen molar-refractivity contribution in [2.75, 3.05) is 0 Å². The molecule has 32 valence electrons. The Morgan fingerprint density at radius 3 is 0.600 bits per heavy atom. The Labute approximate surface area is 102 Å². The van der Waals surface area contributed by atoms with E-state index in [1.807, 2.05) is 0 Å². The molecule has 0 atom stereocenters. The van der Waals surface area contributed by atoms with E-state index in [0.717, 1.165) is 0 Å². The van der Waals surface area contributed by atoms with Crippen molar-refractivity contribution in [3.05, 3.63) is 0 Å². The molecular formula is HBr4La. The van der Waals surface area contributed by atoms with Crippen LogP contribution >= 0.6 is 17.0 Å². The summed E-state index contributed by atoms with van der Waals surface area (Å²) in [6.07, 6.45) is 0. The Hall–Kier alpha value is 3.11. The molecule has 0 saturated carbocycles. The second kappa shape index (κ2) is 27.4. The molecule has 0 aliphatic rings. The maximum Gasteiger partial charge on any atom is 3.00 e. The van der Waals surface area contributed by atoms with Gasteiger partial charge in [-0.25, -0.2) is 0 Å². The summed E-state index contributed by atoms with van der Waals surface area (Å²) in [5.41, 5.74) is 0. The molecule has 0 spiro atoms. The van der Waals surface area contributed by atoms with Crippen molar-refractivity contribution >= 4 is 17.0 Å². The van der Waals surface area contributed by atoms with Crippen LogP contribution in [0.3, 0.4) is 0 Å². The van der Waals surface area contributed by atoms with Gasteiger partial charge < -0.3 is 50.9 Å². The van der Waals surface area contributed by atoms with E-state index in [4.69, 9.17) is 0 Å². The molecule has 0 fully saturated rings. The first kappa shape index (κ1) is 42.3. The molecule has 0 aromatic carbocycles. The van der Waals surface area contributed by atoms with E-state index in [1.165, 1.54) is 0 Å². The molecule has 5 heavy (non-hydrogen) atoms. The second-order valence-electron chi connectivity index (χ2n) is 0. The van der Waals surface area contributed by atoms with Gasteiger partial charge in [0.2, 0.25) is 0 Å². The van der Waals surface area contributed by atoms with Crippen molar-refractivity contribution in [1.82, 2.24) is 0 Å². The summed E-state index contributed by atoms with van der Waals surface area (Å²) in [6.45, 7) is 0. The molecule has 0 aromatic rings. The Bertz CT molecular complexity index is 3.61. The van der Waals surface area contributed by atoms with Gasteiger partial charge >= 0.3 is 35.6 Å². The van der Waals surface area contributed by atoms with Gasteiger partial charge in [0.15, 0.2) is 0 Å². The molecule has 0 radical (unpaired) electrons. The third-order valence-electron chi connectivity index (χ3n) is 0. The average molecular weight is 460 g/mol. The van der Waals surface area contributed by atoms with Crippen LogP contribution in [0.1, 0.15) is 0 Å².